The molecule has 0 radical (unpaired) electrons. The second-order valence-electron chi connectivity index (χ2n) is 4.63. The van der Waals surface area contributed by atoms with Gasteiger partial charge >= 0.3 is 0 Å². The molecule has 19 heavy (non-hydrogen) atoms. The number of rotatable bonds is 4. The van der Waals surface area contributed by atoms with E-state index in [0.29, 0.717) is 11.0 Å². The zero-order valence-electron chi connectivity index (χ0n) is 11.1. The van der Waals surface area contributed by atoms with Gasteiger partial charge in [0.1, 0.15) is 0 Å². The van der Waals surface area contributed by atoms with Crippen LogP contribution in [-0.4, -0.2) is 5.11 Å². The first-order valence-electron chi connectivity index (χ1n) is 6.33. The summed E-state index contributed by atoms with van der Waals surface area (Å²) in [5.41, 5.74) is 2.36. The maximum absolute atomic E-state index is 5.34. The third-order valence-electron chi connectivity index (χ3n) is 2.83. The number of nitrogens with one attached hydrogen (secondary N) is 2. The Labute approximate surface area is 123 Å². The Balaban J connectivity index is 1.95. The number of benzene rings is 1. The van der Waals surface area contributed by atoms with Gasteiger partial charge in [0.25, 0.3) is 0 Å². The minimum Gasteiger partial charge on any atom is -0.358 e. The van der Waals surface area contributed by atoms with Crippen molar-refractivity contribution >= 4 is 34.4 Å². The number of para-hydroxylation sites is 1. The van der Waals surface area contributed by atoms with Gasteiger partial charge in [-0.1, -0.05) is 38.1 Å². The van der Waals surface area contributed by atoms with Crippen molar-refractivity contribution in [1.82, 2.24) is 5.32 Å². The number of anilines is 1. The molecule has 1 aromatic heterocycles. The molecule has 2 rings (SSSR count). The number of hydrogen-bond acceptors (Lipinski definition) is 2. The second kappa shape index (κ2) is 6.68. The van der Waals surface area contributed by atoms with Gasteiger partial charge in [-0.05, 0) is 41.2 Å². The highest BCUT2D eigenvalue weighted by molar-refractivity contribution is 7.80. The molecule has 0 aliphatic carbocycles. The van der Waals surface area contributed by atoms with Crippen LogP contribution in [0.5, 0.6) is 0 Å². The van der Waals surface area contributed by atoms with Gasteiger partial charge in [0.05, 0.1) is 6.54 Å². The molecule has 0 fully saturated rings. The normalized spacial score (nSPS) is 10.5. The van der Waals surface area contributed by atoms with E-state index in [1.807, 2.05) is 12.1 Å². The van der Waals surface area contributed by atoms with E-state index >= 15 is 0 Å². The molecular formula is C15H18N2S2. The molecule has 0 saturated heterocycles. The zero-order chi connectivity index (χ0) is 13.7. The average Bonchev–Trinajstić information content (AvgIpc) is 2.90. The lowest BCUT2D eigenvalue weighted by Crippen LogP contribution is -2.28. The first-order valence-corrected chi connectivity index (χ1v) is 7.62. The van der Waals surface area contributed by atoms with Gasteiger partial charge in [0.15, 0.2) is 5.11 Å². The van der Waals surface area contributed by atoms with E-state index < -0.39 is 0 Å². The predicted molar refractivity (Wildman–Crippen MR) is 87.9 cm³/mol. The SMILES string of the molecule is CC(C)c1ccccc1NC(=S)NCc1cccs1. The number of thiocarbonyl (C=S) groups is 1. The minimum absolute atomic E-state index is 0.476. The molecule has 0 amide bonds. The molecular weight excluding hydrogens is 272 g/mol. The molecule has 0 aliphatic heterocycles. The van der Waals surface area contributed by atoms with Crippen LogP contribution in [0.15, 0.2) is 41.8 Å². The van der Waals surface area contributed by atoms with Gasteiger partial charge in [-0.25, -0.2) is 0 Å². The van der Waals surface area contributed by atoms with Crippen LogP contribution in [0.1, 0.15) is 30.2 Å². The maximum atomic E-state index is 5.34. The van der Waals surface area contributed by atoms with Crippen LogP contribution < -0.4 is 10.6 Å². The lowest BCUT2D eigenvalue weighted by molar-refractivity contribution is 0.868. The van der Waals surface area contributed by atoms with Crippen LogP contribution in [0.2, 0.25) is 0 Å². The highest BCUT2D eigenvalue weighted by atomic mass is 32.1. The molecule has 2 nitrogen and oxygen atoms in total. The Hall–Kier alpha value is -1.39. The summed E-state index contributed by atoms with van der Waals surface area (Å²) in [7, 11) is 0. The zero-order valence-corrected chi connectivity index (χ0v) is 12.8. The monoisotopic (exact) mass is 290 g/mol. The molecule has 4 heteroatoms. The van der Waals surface area contributed by atoms with Crippen molar-refractivity contribution < 1.29 is 0 Å². The molecule has 0 atom stereocenters. The molecule has 0 aliphatic rings. The minimum atomic E-state index is 0.476. The smallest absolute Gasteiger partial charge is 0.171 e. The first-order chi connectivity index (χ1) is 9.16. The van der Waals surface area contributed by atoms with Gasteiger partial charge in [0.2, 0.25) is 0 Å². The average molecular weight is 290 g/mol. The molecule has 0 unspecified atom stereocenters. The number of hydrogen-bond donors (Lipinski definition) is 2. The van der Waals surface area contributed by atoms with Gasteiger partial charge in [-0.2, -0.15) is 0 Å². The van der Waals surface area contributed by atoms with Crippen molar-refractivity contribution in [3.05, 3.63) is 52.2 Å². The van der Waals surface area contributed by atoms with Crippen LogP contribution in [0.3, 0.4) is 0 Å². The van der Waals surface area contributed by atoms with E-state index in [4.69, 9.17) is 12.2 Å². The summed E-state index contributed by atoms with van der Waals surface area (Å²) in [6, 6.07) is 12.4. The summed E-state index contributed by atoms with van der Waals surface area (Å²) in [6.45, 7) is 5.14. The van der Waals surface area contributed by atoms with E-state index in [1.165, 1.54) is 10.4 Å². The van der Waals surface area contributed by atoms with Gasteiger partial charge < -0.3 is 10.6 Å². The first kappa shape index (κ1) is 14.0. The Morgan fingerprint density at radius 3 is 2.68 bits per heavy atom. The summed E-state index contributed by atoms with van der Waals surface area (Å²) >= 11 is 7.07. The highest BCUT2D eigenvalue weighted by Gasteiger charge is 2.06. The molecule has 1 heterocycles. The Bertz CT molecular complexity index is 533. The summed E-state index contributed by atoms with van der Waals surface area (Å²) in [6.07, 6.45) is 0. The third kappa shape index (κ3) is 4.04. The van der Waals surface area contributed by atoms with Gasteiger partial charge in [-0.3, -0.25) is 0 Å². The summed E-state index contributed by atoms with van der Waals surface area (Å²) in [5.74, 6) is 0.476. The summed E-state index contributed by atoms with van der Waals surface area (Å²) < 4.78 is 0. The van der Waals surface area contributed by atoms with Crippen molar-refractivity contribution in [1.29, 1.82) is 0 Å². The van der Waals surface area contributed by atoms with Crippen LogP contribution in [0.4, 0.5) is 5.69 Å². The van der Waals surface area contributed by atoms with E-state index in [2.05, 4.69) is 54.1 Å². The second-order valence-corrected chi connectivity index (χ2v) is 6.07. The predicted octanol–water partition coefficient (Wildman–Crippen LogP) is 4.36. The fourth-order valence-corrected chi connectivity index (χ4v) is 2.69. The van der Waals surface area contributed by atoms with E-state index in [-0.39, 0.29) is 0 Å². The van der Waals surface area contributed by atoms with Crippen molar-refractivity contribution in [2.45, 2.75) is 26.3 Å². The van der Waals surface area contributed by atoms with Gasteiger partial charge in [-0.15, -0.1) is 11.3 Å². The van der Waals surface area contributed by atoms with Crippen LogP contribution in [0.25, 0.3) is 0 Å². The van der Waals surface area contributed by atoms with Crippen molar-refractivity contribution in [3.8, 4) is 0 Å². The number of thiophene rings is 1. The Kier molecular flexibility index (Phi) is 4.93. The van der Waals surface area contributed by atoms with Crippen LogP contribution in [0, 0.1) is 0 Å². The quantitative estimate of drug-likeness (QED) is 0.818. The molecule has 0 bridgehead atoms. The third-order valence-corrected chi connectivity index (χ3v) is 3.96. The molecule has 2 N–H and O–H groups in total. The van der Waals surface area contributed by atoms with Crippen molar-refractivity contribution in [3.63, 3.8) is 0 Å². The van der Waals surface area contributed by atoms with E-state index in [0.717, 1.165) is 12.2 Å². The molecule has 1 aromatic carbocycles. The van der Waals surface area contributed by atoms with Gasteiger partial charge in [0, 0.05) is 10.6 Å². The molecule has 2 aromatic rings. The largest absolute Gasteiger partial charge is 0.358 e. The fourth-order valence-electron chi connectivity index (χ4n) is 1.86. The van der Waals surface area contributed by atoms with Crippen LogP contribution >= 0.6 is 23.6 Å². The fraction of sp³-hybridized carbons (Fsp3) is 0.267. The van der Waals surface area contributed by atoms with Crippen molar-refractivity contribution in [2.75, 3.05) is 5.32 Å². The highest BCUT2D eigenvalue weighted by Crippen LogP contribution is 2.23. The van der Waals surface area contributed by atoms with E-state index in [9.17, 15) is 0 Å². The lowest BCUT2D eigenvalue weighted by atomic mass is 10.0. The van der Waals surface area contributed by atoms with Crippen LogP contribution in [-0.2, 0) is 6.54 Å². The molecule has 0 spiro atoms. The molecule has 100 valence electrons. The summed E-state index contributed by atoms with van der Waals surface area (Å²) in [5, 5.41) is 9.25. The Morgan fingerprint density at radius 2 is 2.00 bits per heavy atom. The standard InChI is InChI=1S/C15H18N2S2/c1-11(2)13-7-3-4-8-14(13)17-15(18)16-10-12-6-5-9-19-12/h3-9,11H,10H2,1-2H3,(H2,16,17,18). The topological polar surface area (TPSA) is 24.1 Å². The Morgan fingerprint density at radius 1 is 1.21 bits per heavy atom. The molecule has 0 saturated carbocycles. The van der Waals surface area contributed by atoms with Crippen molar-refractivity contribution in [2.24, 2.45) is 0 Å². The lowest BCUT2D eigenvalue weighted by Gasteiger charge is -2.15. The summed E-state index contributed by atoms with van der Waals surface area (Å²) in [4.78, 5) is 1.28. The van der Waals surface area contributed by atoms with E-state index in [1.54, 1.807) is 11.3 Å². The maximum Gasteiger partial charge on any atom is 0.171 e.